The van der Waals surface area contributed by atoms with Crippen molar-refractivity contribution in [2.24, 2.45) is 0 Å². The average Bonchev–Trinajstić information content (AvgIpc) is 2.81. The second-order valence-corrected chi connectivity index (χ2v) is 7.83. The van der Waals surface area contributed by atoms with E-state index in [1.54, 1.807) is 48.5 Å². The quantitative estimate of drug-likeness (QED) is 0.368. The van der Waals surface area contributed by atoms with E-state index in [1.165, 1.54) is 18.2 Å². The summed E-state index contributed by atoms with van der Waals surface area (Å²) >= 11 is 12.4. The molecule has 6 nitrogen and oxygen atoms in total. The number of aliphatic carboxylic acids is 1. The first-order chi connectivity index (χ1) is 16.3. The van der Waals surface area contributed by atoms with Gasteiger partial charge in [-0.3, -0.25) is 4.79 Å². The number of halogens is 4. The fourth-order valence-corrected chi connectivity index (χ4v) is 3.42. The first-order valence-electron chi connectivity index (χ1n) is 9.94. The summed E-state index contributed by atoms with van der Waals surface area (Å²) in [5.41, 5.74) is 1.18. The Hall–Kier alpha value is -3.36. The van der Waals surface area contributed by atoms with Gasteiger partial charge in [-0.25, -0.2) is 4.79 Å². The zero-order valence-corrected chi connectivity index (χ0v) is 19.0. The Labute approximate surface area is 204 Å². The number of rotatable bonds is 10. The van der Waals surface area contributed by atoms with Gasteiger partial charge in [0.25, 0.3) is 5.91 Å². The van der Waals surface area contributed by atoms with E-state index in [0.29, 0.717) is 21.2 Å². The molecule has 0 aromatic heterocycles. The number of alkyl halides is 2. The van der Waals surface area contributed by atoms with E-state index in [0.717, 1.165) is 0 Å². The summed E-state index contributed by atoms with van der Waals surface area (Å²) in [6, 6.07) is 16.3. The lowest BCUT2D eigenvalue weighted by atomic mass is 10.0. The van der Waals surface area contributed by atoms with E-state index in [9.17, 15) is 23.5 Å². The van der Waals surface area contributed by atoms with Crippen LogP contribution in [0.1, 0.15) is 22.7 Å². The molecule has 0 spiro atoms. The minimum Gasteiger partial charge on any atom is -0.485 e. The topological polar surface area (TPSA) is 84.9 Å². The summed E-state index contributed by atoms with van der Waals surface area (Å²) in [5.74, 6) is -3.20. The average molecular weight is 510 g/mol. The van der Waals surface area contributed by atoms with Crippen molar-refractivity contribution in [2.45, 2.75) is 25.7 Å². The monoisotopic (exact) mass is 509 g/mol. The predicted octanol–water partition coefficient (Wildman–Crippen LogP) is 5.66. The smallest absolute Gasteiger partial charge is 0.331 e. The van der Waals surface area contributed by atoms with Crippen LogP contribution in [0.4, 0.5) is 8.78 Å². The summed E-state index contributed by atoms with van der Waals surface area (Å²) < 4.78 is 37.4. The lowest BCUT2D eigenvalue weighted by molar-refractivity contribution is -0.144. The Balaban J connectivity index is 1.98. The van der Waals surface area contributed by atoms with Gasteiger partial charge in [-0.05, 0) is 18.2 Å². The third-order valence-corrected chi connectivity index (χ3v) is 5.46. The molecule has 0 aliphatic rings. The van der Waals surface area contributed by atoms with Gasteiger partial charge in [0.05, 0.1) is 0 Å². The Morgan fingerprint density at radius 3 is 1.94 bits per heavy atom. The van der Waals surface area contributed by atoms with E-state index in [-0.39, 0.29) is 30.3 Å². The Bertz CT molecular complexity index is 1180. The lowest BCUT2D eigenvalue weighted by Gasteiger charge is -2.21. The number of benzene rings is 3. The molecule has 0 saturated heterocycles. The Morgan fingerprint density at radius 1 is 0.853 bits per heavy atom. The van der Waals surface area contributed by atoms with Gasteiger partial charge >= 0.3 is 12.4 Å². The maximum absolute atomic E-state index is 12.8. The van der Waals surface area contributed by atoms with Crippen LogP contribution in [0, 0.1) is 0 Å². The van der Waals surface area contributed by atoms with Crippen molar-refractivity contribution in [2.75, 3.05) is 0 Å². The fourth-order valence-electron chi connectivity index (χ4n) is 3.04. The molecule has 0 bridgehead atoms. The van der Waals surface area contributed by atoms with Crippen LogP contribution in [0.3, 0.4) is 0 Å². The standard InChI is InChI=1S/C24H19Cl2F2NO5/c25-17-9-3-1-6-14(17)12-33-19-11-5-8-16(20(24(31)32)29-23(30)22(27)28)21(19)34-13-15-7-2-4-10-18(15)26/h1-11,20,22H,12-13H2,(H,29,30)(H,31,32). The molecule has 3 aromatic carbocycles. The highest BCUT2D eigenvalue weighted by molar-refractivity contribution is 6.31. The number of carboxylic acids is 1. The number of hydrogen-bond acceptors (Lipinski definition) is 4. The Morgan fingerprint density at radius 2 is 1.41 bits per heavy atom. The molecule has 0 saturated carbocycles. The SMILES string of the molecule is O=C(NC(C(=O)O)c1cccc(OCc2ccccc2Cl)c1OCc1ccccc1Cl)C(F)F. The van der Waals surface area contributed by atoms with Gasteiger partial charge in [0, 0.05) is 26.7 Å². The largest absolute Gasteiger partial charge is 0.485 e. The van der Waals surface area contributed by atoms with Crippen molar-refractivity contribution in [3.8, 4) is 11.5 Å². The maximum atomic E-state index is 12.8. The van der Waals surface area contributed by atoms with E-state index < -0.39 is 24.3 Å². The number of hydrogen-bond donors (Lipinski definition) is 2. The third kappa shape index (κ3) is 6.36. The fraction of sp³-hybridized carbons (Fsp3) is 0.167. The summed E-state index contributed by atoms with van der Waals surface area (Å²) in [5, 5.41) is 12.4. The summed E-state index contributed by atoms with van der Waals surface area (Å²) in [7, 11) is 0. The highest BCUT2D eigenvalue weighted by Crippen LogP contribution is 2.37. The molecule has 2 N–H and O–H groups in total. The first-order valence-corrected chi connectivity index (χ1v) is 10.7. The van der Waals surface area contributed by atoms with Crippen LogP contribution in [0.5, 0.6) is 11.5 Å². The van der Waals surface area contributed by atoms with Gasteiger partial charge in [-0.1, -0.05) is 71.7 Å². The zero-order chi connectivity index (χ0) is 24.7. The van der Waals surface area contributed by atoms with Gasteiger partial charge < -0.3 is 19.9 Å². The molecule has 3 rings (SSSR count). The minimum atomic E-state index is -3.39. The Kier molecular flexibility index (Phi) is 8.67. The number of amides is 1. The number of nitrogens with one attached hydrogen (secondary N) is 1. The number of carbonyl (C=O) groups is 2. The molecule has 0 heterocycles. The van der Waals surface area contributed by atoms with Crippen LogP contribution < -0.4 is 14.8 Å². The third-order valence-electron chi connectivity index (χ3n) is 4.72. The molecular formula is C24H19Cl2F2NO5. The highest BCUT2D eigenvalue weighted by atomic mass is 35.5. The molecule has 0 aliphatic heterocycles. The van der Waals surface area contributed by atoms with Gasteiger partial charge in [0.2, 0.25) is 0 Å². The van der Waals surface area contributed by atoms with E-state index >= 15 is 0 Å². The predicted molar refractivity (Wildman–Crippen MR) is 123 cm³/mol. The van der Waals surface area contributed by atoms with Crippen LogP contribution in [0.25, 0.3) is 0 Å². The number of para-hydroxylation sites is 1. The molecule has 3 aromatic rings. The van der Waals surface area contributed by atoms with Crippen LogP contribution in [0.2, 0.25) is 10.0 Å². The molecule has 10 heteroatoms. The van der Waals surface area contributed by atoms with Gasteiger partial charge in [0.1, 0.15) is 13.2 Å². The van der Waals surface area contributed by atoms with Crippen LogP contribution in [-0.4, -0.2) is 23.4 Å². The van der Waals surface area contributed by atoms with Crippen LogP contribution in [0.15, 0.2) is 66.7 Å². The lowest BCUT2D eigenvalue weighted by Crippen LogP contribution is -2.37. The van der Waals surface area contributed by atoms with Crippen molar-refractivity contribution in [3.63, 3.8) is 0 Å². The van der Waals surface area contributed by atoms with E-state index in [4.69, 9.17) is 32.7 Å². The highest BCUT2D eigenvalue weighted by Gasteiger charge is 2.30. The van der Waals surface area contributed by atoms with Crippen LogP contribution >= 0.6 is 23.2 Å². The minimum absolute atomic E-state index is 0.0205. The van der Waals surface area contributed by atoms with Crippen molar-refractivity contribution in [3.05, 3.63) is 93.5 Å². The summed E-state index contributed by atoms with van der Waals surface area (Å²) in [4.78, 5) is 23.5. The van der Waals surface area contributed by atoms with Crippen molar-refractivity contribution >= 4 is 35.1 Å². The molecule has 0 fully saturated rings. The van der Waals surface area contributed by atoms with E-state index in [2.05, 4.69) is 0 Å². The van der Waals surface area contributed by atoms with Crippen molar-refractivity contribution in [1.82, 2.24) is 5.32 Å². The number of carbonyl (C=O) groups excluding carboxylic acids is 1. The molecule has 0 radical (unpaired) electrons. The van der Waals surface area contributed by atoms with Crippen molar-refractivity contribution in [1.29, 1.82) is 0 Å². The van der Waals surface area contributed by atoms with E-state index in [1.807, 2.05) is 5.32 Å². The normalized spacial score (nSPS) is 11.7. The second kappa shape index (κ2) is 11.7. The zero-order valence-electron chi connectivity index (χ0n) is 17.5. The molecule has 1 atom stereocenters. The van der Waals surface area contributed by atoms with Gasteiger partial charge in [0.15, 0.2) is 17.5 Å². The molecular weight excluding hydrogens is 491 g/mol. The summed E-state index contributed by atoms with van der Waals surface area (Å²) in [6.45, 7) is -0.0546. The maximum Gasteiger partial charge on any atom is 0.331 e. The number of carboxylic acid groups (broad SMARTS) is 1. The molecule has 0 aliphatic carbocycles. The summed E-state index contributed by atoms with van der Waals surface area (Å²) in [6.07, 6.45) is -3.39. The van der Waals surface area contributed by atoms with Gasteiger partial charge in [-0.15, -0.1) is 0 Å². The first kappa shape index (κ1) is 25.3. The molecule has 1 unspecified atom stereocenters. The molecule has 1 amide bonds. The number of ether oxygens (including phenoxy) is 2. The van der Waals surface area contributed by atoms with Crippen molar-refractivity contribution < 1.29 is 33.0 Å². The molecule has 34 heavy (non-hydrogen) atoms. The second-order valence-electron chi connectivity index (χ2n) is 7.02. The molecule has 178 valence electrons. The van der Waals surface area contributed by atoms with Gasteiger partial charge in [-0.2, -0.15) is 8.78 Å². The van der Waals surface area contributed by atoms with Crippen LogP contribution in [-0.2, 0) is 22.8 Å².